The van der Waals surface area contributed by atoms with E-state index in [4.69, 9.17) is 4.74 Å². The quantitative estimate of drug-likeness (QED) is 0.748. The molecule has 0 spiro atoms. The molecular formula is C13H10N2O3. The fourth-order valence-electron chi connectivity index (χ4n) is 2.08. The van der Waals surface area contributed by atoms with Gasteiger partial charge in [0.05, 0.1) is 18.2 Å². The Bertz CT molecular complexity index is 632. The zero-order chi connectivity index (χ0) is 12.7. The van der Waals surface area contributed by atoms with Crippen molar-refractivity contribution in [2.45, 2.75) is 0 Å². The highest BCUT2D eigenvalue weighted by Crippen LogP contribution is 2.29. The van der Waals surface area contributed by atoms with Crippen molar-refractivity contribution in [1.29, 1.82) is 0 Å². The van der Waals surface area contributed by atoms with Crippen LogP contribution in [0.5, 0.6) is 5.75 Å². The molecule has 0 saturated carbocycles. The highest BCUT2D eigenvalue weighted by Gasteiger charge is 2.39. The number of carbonyl (C=O) groups is 2. The van der Waals surface area contributed by atoms with Gasteiger partial charge in [0.2, 0.25) is 0 Å². The Labute approximate surface area is 103 Å². The fraction of sp³-hybridized carbons (Fsp3) is 0.0769. The highest BCUT2D eigenvalue weighted by atomic mass is 16.5. The van der Waals surface area contributed by atoms with Crippen LogP contribution in [0.4, 0.5) is 0 Å². The first-order valence-electron chi connectivity index (χ1n) is 5.43. The Morgan fingerprint density at radius 3 is 2.39 bits per heavy atom. The largest absolute Gasteiger partial charge is 0.496 e. The van der Waals surface area contributed by atoms with Gasteiger partial charge in [-0.1, -0.05) is 6.07 Å². The van der Waals surface area contributed by atoms with Gasteiger partial charge in [-0.25, -0.2) is 0 Å². The zero-order valence-electron chi connectivity index (χ0n) is 9.66. The summed E-state index contributed by atoms with van der Waals surface area (Å²) < 4.78 is 6.59. The summed E-state index contributed by atoms with van der Waals surface area (Å²) in [6.45, 7) is 0. The molecule has 0 N–H and O–H groups in total. The SMILES string of the molecule is COc1cccc2c1C(=O)N(n1cccc1)C2=O. The molecule has 1 aliphatic rings. The number of hydrogen-bond donors (Lipinski definition) is 0. The number of ether oxygens (including phenoxy) is 1. The predicted molar refractivity (Wildman–Crippen MR) is 64.3 cm³/mol. The lowest BCUT2D eigenvalue weighted by Crippen LogP contribution is -2.38. The van der Waals surface area contributed by atoms with Gasteiger partial charge in [0.1, 0.15) is 5.75 Å². The summed E-state index contributed by atoms with van der Waals surface area (Å²) in [6.07, 6.45) is 3.29. The number of carbonyl (C=O) groups excluding carboxylic acids is 2. The van der Waals surface area contributed by atoms with E-state index >= 15 is 0 Å². The lowest BCUT2D eigenvalue weighted by atomic mass is 10.1. The van der Waals surface area contributed by atoms with E-state index < -0.39 is 0 Å². The minimum Gasteiger partial charge on any atom is -0.496 e. The molecule has 3 rings (SSSR count). The first-order valence-corrected chi connectivity index (χ1v) is 5.43. The van der Waals surface area contributed by atoms with E-state index in [1.807, 2.05) is 0 Å². The molecule has 0 unspecified atom stereocenters. The number of fused-ring (bicyclic) bond motifs is 1. The third-order valence-electron chi connectivity index (χ3n) is 2.89. The molecule has 0 bridgehead atoms. The van der Waals surface area contributed by atoms with Crippen LogP contribution in [0.1, 0.15) is 20.7 Å². The van der Waals surface area contributed by atoms with Crippen LogP contribution in [-0.4, -0.2) is 23.6 Å². The van der Waals surface area contributed by atoms with Gasteiger partial charge in [0, 0.05) is 12.4 Å². The van der Waals surface area contributed by atoms with Gasteiger partial charge in [0.25, 0.3) is 11.8 Å². The molecule has 0 radical (unpaired) electrons. The number of imide groups is 1. The third-order valence-corrected chi connectivity index (χ3v) is 2.89. The maximum atomic E-state index is 12.3. The zero-order valence-corrected chi connectivity index (χ0v) is 9.66. The van der Waals surface area contributed by atoms with E-state index in [2.05, 4.69) is 0 Å². The summed E-state index contributed by atoms with van der Waals surface area (Å²) in [6, 6.07) is 8.49. The Morgan fingerprint density at radius 1 is 1.00 bits per heavy atom. The number of aromatic nitrogens is 1. The van der Waals surface area contributed by atoms with Crippen LogP contribution in [-0.2, 0) is 0 Å². The van der Waals surface area contributed by atoms with E-state index in [0.29, 0.717) is 16.9 Å². The molecule has 0 saturated heterocycles. The number of methoxy groups -OCH3 is 1. The second kappa shape index (κ2) is 3.73. The minimum absolute atomic E-state index is 0.318. The van der Waals surface area contributed by atoms with E-state index in [1.54, 1.807) is 42.7 Å². The van der Waals surface area contributed by atoms with E-state index in [0.717, 1.165) is 5.01 Å². The summed E-state index contributed by atoms with van der Waals surface area (Å²) in [5, 5.41) is 1.09. The van der Waals surface area contributed by atoms with Gasteiger partial charge in [-0.2, -0.15) is 5.01 Å². The topological polar surface area (TPSA) is 51.5 Å². The predicted octanol–water partition coefficient (Wildman–Crippen LogP) is 1.43. The van der Waals surface area contributed by atoms with Crippen LogP contribution in [0.2, 0.25) is 0 Å². The van der Waals surface area contributed by atoms with Crippen molar-refractivity contribution in [3.05, 3.63) is 53.9 Å². The van der Waals surface area contributed by atoms with Crippen molar-refractivity contribution >= 4 is 11.8 Å². The number of hydrogen-bond acceptors (Lipinski definition) is 3. The van der Waals surface area contributed by atoms with Gasteiger partial charge in [-0.3, -0.25) is 14.3 Å². The molecule has 90 valence electrons. The van der Waals surface area contributed by atoms with Gasteiger partial charge in [-0.15, -0.1) is 0 Å². The minimum atomic E-state index is -0.372. The molecule has 0 atom stereocenters. The van der Waals surface area contributed by atoms with Crippen molar-refractivity contribution in [3.63, 3.8) is 0 Å². The lowest BCUT2D eigenvalue weighted by molar-refractivity contribution is 0.0886. The second-order valence-corrected chi connectivity index (χ2v) is 3.87. The number of amides is 2. The smallest absolute Gasteiger partial charge is 0.284 e. The third kappa shape index (κ3) is 1.27. The summed E-state index contributed by atoms with van der Waals surface area (Å²) in [7, 11) is 1.48. The normalized spacial score (nSPS) is 13.9. The van der Waals surface area contributed by atoms with Crippen molar-refractivity contribution in [1.82, 2.24) is 4.68 Å². The first-order chi connectivity index (χ1) is 8.74. The molecule has 0 fully saturated rings. The van der Waals surface area contributed by atoms with E-state index in [1.165, 1.54) is 11.8 Å². The first kappa shape index (κ1) is 10.6. The summed E-state index contributed by atoms with van der Waals surface area (Å²) in [5.41, 5.74) is 0.687. The molecule has 2 amide bonds. The van der Waals surface area contributed by atoms with Crippen LogP contribution in [0.25, 0.3) is 0 Å². The van der Waals surface area contributed by atoms with Crippen molar-refractivity contribution in [2.75, 3.05) is 12.1 Å². The second-order valence-electron chi connectivity index (χ2n) is 3.87. The van der Waals surface area contributed by atoms with Crippen LogP contribution < -0.4 is 9.75 Å². The van der Waals surface area contributed by atoms with Gasteiger partial charge >= 0.3 is 0 Å². The summed E-state index contributed by atoms with van der Waals surface area (Å²) in [5.74, 6) is -0.297. The summed E-state index contributed by atoms with van der Waals surface area (Å²) in [4.78, 5) is 24.5. The molecule has 2 aromatic rings. The highest BCUT2D eigenvalue weighted by molar-refractivity contribution is 6.31. The Morgan fingerprint density at radius 2 is 1.72 bits per heavy atom. The van der Waals surface area contributed by atoms with Crippen molar-refractivity contribution < 1.29 is 14.3 Å². The van der Waals surface area contributed by atoms with Crippen LogP contribution in [0, 0.1) is 0 Å². The van der Waals surface area contributed by atoms with E-state index in [9.17, 15) is 9.59 Å². The molecule has 18 heavy (non-hydrogen) atoms. The molecule has 0 aliphatic carbocycles. The molecule has 5 nitrogen and oxygen atoms in total. The Hall–Kier alpha value is -2.56. The van der Waals surface area contributed by atoms with Gasteiger partial charge < -0.3 is 4.74 Å². The van der Waals surface area contributed by atoms with E-state index in [-0.39, 0.29) is 11.8 Å². The fourth-order valence-corrected chi connectivity index (χ4v) is 2.08. The van der Waals surface area contributed by atoms with Crippen LogP contribution >= 0.6 is 0 Å². The molecule has 5 heteroatoms. The number of nitrogens with zero attached hydrogens (tertiary/aromatic N) is 2. The average molecular weight is 242 g/mol. The monoisotopic (exact) mass is 242 g/mol. The molecule has 1 aromatic heterocycles. The van der Waals surface area contributed by atoms with Crippen LogP contribution in [0.15, 0.2) is 42.7 Å². The molecular weight excluding hydrogens is 232 g/mol. The van der Waals surface area contributed by atoms with Crippen molar-refractivity contribution in [2.24, 2.45) is 0 Å². The maximum absolute atomic E-state index is 12.3. The Balaban J connectivity index is 2.17. The number of rotatable bonds is 2. The average Bonchev–Trinajstić information content (AvgIpc) is 2.98. The number of benzene rings is 1. The standard InChI is InChI=1S/C13H10N2O3/c1-18-10-6-4-5-9-11(10)13(17)15(12(9)16)14-7-2-3-8-14/h2-8H,1H3. The van der Waals surface area contributed by atoms with Gasteiger partial charge in [0.15, 0.2) is 0 Å². The maximum Gasteiger partial charge on any atom is 0.284 e. The Kier molecular flexibility index (Phi) is 2.19. The van der Waals surface area contributed by atoms with Crippen molar-refractivity contribution in [3.8, 4) is 5.75 Å². The lowest BCUT2D eigenvalue weighted by Gasteiger charge is -2.14. The molecule has 1 aliphatic heterocycles. The summed E-state index contributed by atoms with van der Waals surface area (Å²) >= 11 is 0. The van der Waals surface area contributed by atoms with Gasteiger partial charge in [-0.05, 0) is 24.3 Å². The molecule has 1 aromatic carbocycles. The molecule has 2 heterocycles. The van der Waals surface area contributed by atoms with Crippen LogP contribution in [0.3, 0.4) is 0 Å².